The number of nitrogens with two attached hydrogens (primary N) is 1. The number of aryl methyl sites for hydroxylation is 1. The van der Waals surface area contributed by atoms with E-state index in [0.717, 1.165) is 23.0 Å². The minimum atomic E-state index is -0.647. The summed E-state index contributed by atoms with van der Waals surface area (Å²) in [5, 5.41) is 10.1. The Morgan fingerprint density at radius 3 is 2.75 bits per heavy atom. The zero-order chi connectivity index (χ0) is 22.3. The van der Waals surface area contributed by atoms with Crippen molar-refractivity contribution in [3.63, 3.8) is 0 Å². The van der Waals surface area contributed by atoms with Crippen LogP contribution in [0.3, 0.4) is 0 Å². The fraction of sp³-hybridized carbons (Fsp3) is 0.320. The lowest BCUT2D eigenvalue weighted by Gasteiger charge is -2.21. The van der Waals surface area contributed by atoms with Crippen molar-refractivity contribution in [2.24, 2.45) is 11.7 Å². The third kappa shape index (κ3) is 5.49. The summed E-state index contributed by atoms with van der Waals surface area (Å²) >= 11 is 0. The molecule has 5 N–H and O–H groups in total. The largest absolute Gasteiger partial charge is 0.343 e. The summed E-state index contributed by atoms with van der Waals surface area (Å²) in [7, 11) is 0. The molecule has 3 aromatic rings. The monoisotopic (exact) mass is 431 g/mol. The molecule has 4 rings (SSSR count). The second-order valence-electron chi connectivity index (χ2n) is 8.28. The van der Waals surface area contributed by atoms with Gasteiger partial charge >= 0.3 is 0 Å². The lowest BCUT2D eigenvalue weighted by atomic mass is 10.0. The van der Waals surface area contributed by atoms with E-state index in [2.05, 4.69) is 20.9 Å². The summed E-state index contributed by atoms with van der Waals surface area (Å²) in [5.41, 5.74) is 8.41. The Morgan fingerprint density at radius 2 is 1.97 bits per heavy atom. The van der Waals surface area contributed by atoms with Gasteiger partial charge in [-0.2, -0.15) is 0 Å². The van der Waals surface area contributed by atoms with Gasteiger partial charge in [-0.1, -0.05) is 36.4 Å². The average Bonchev–Trinajstić information content (AvgIpc) is 3.32. The highest BCUT2D eigenvalue weighted by atomic mass is 16.2. The Hall–Kier alpha value is -3.29. The van der Waals surface area contributed by atoms with Crippen LogP contribution in [0.15, 0.2) is 66.9 Å². The highest BCUT2D eigenvalue weighted by Crippen LogP contribution is 2.18. The number of benzene rings is 2. The highest BCUT2D eigenvalue weighted by molar-refractivity contribution is 5.99. The molecule has 2 amide bonds. The van der Waals surface area contributed by atoms with Crippen molar-refractivity contribution in [3.8, 4) is 0 Å². The lowest BCUT2D eigenvalue weighted by molar-refractivity contribution is -0.127. The maximum atomic E-state index is 13.2. The van der Waals surface area contributed by atoms with Crippen LogP contribution in [0.25, 0.3) is 10.9 Å². The zero-order valence-electron chi connectivity index (χ0n) is 18.0. The van der Waals surface area contributed by atoms with Crippen molar-refractivity contribution in [1.29, 1.82) is 0 Å². The van der Waals surface area contributed by atoms with Crippen molar-refractivity contribution >= 4 is 28.4 Å². The van der Waals surface area contributed by atoms with E-state index in [-0.39, 0.29) is 23.8 Å². The number of carbonyl (C=O) groups is 2. The van der Waals surface area contributed by atoms with Gasteiger partial charge in [0.05, 0.1) is 11.6 Å². The molecular weight excluding hydrogens is 402 g/mol. The maximum absolute atomic E-state index is 13.2. The van der Waals surface area contributed by atoms with Crippen LogP contribution in [-0.4, -0.2) is 42.0 Å². The minimum absolute atomic E-state index is 0.156. The van der Waals surface area contributed by atoms with Gasteiger partial charge in [0.1, 0.15) is 6.04 Å². The Balaban J connectivity index is 1.46. The van der Waals surface area contributed by atoms with Gasteiger partial charge in [-0.15, -0.1) is 0 Å². The summed E-state index contributed by atoms with van der Waals surface area (Å²) in [6.45, 7) is 1.27. The molecule has 3 atom stereocenters. The number of amides is 2. The third-order valence-electron chi connectivity index (χ3n) is 5.94. The second kappa shape index (κ2) is 10.3. The van der Waals surface area contributed by atoms with Crippen LogP contribution in [0.5, 0.6) is 0 Å². The molecule has 7 heteroatoms. The van der Waals surface area contributed by atoms with Gasteiger partial charge in [0.25, 0.3) is 0 Å². The molecule has 166 valence electrons. The molecule has 1 fully saturated rings. The molecule has 2 heterocycles. The number of hydrogen-bond acceptors (Lipinski definition) is 5. The molecule has 1 saturated heterocycles. The predicted octanol–water partition coefficient (Wildman–Crippen LogP) is 2.23. The smallest absolute Gasteiger partial charge is 0.246 e. The molecule has 32 heavy (non-hydrogen) atoms. The van der Waals surface area contributed by atoms with Crippen LogP contribution < -0.4 is 21.7 Å². The number of fused-ring (bicyclic) bond motifs is 1. The van der Waals surface area contributed by atoms with Gasteiger partial charge in [0.15, 0.2) is 0 Å². The maximum Gasteiger partial charge on any atom is 0.246 e. The highest BCUT2D eigenvalue weighted by Gasteiger charge is 2.31. The van der Waals surface area contributed by atoms with Crippen molar-refractivity contribution in [1.82, 2.24) is 15.6 Å². The van der Waals surface area contributed by atoms with Crippen LogP contribution in [0.1, 0.15) is 18.4 Å². The fourth-order valence-electron chi connectivity index (χ4n) is 4.07. The Labute approximate surface area is 187 Å². The number of aromatic nitrogens is 1. The van der Waals surface area contributed by atoms with Gasteiger partial charge in [0, 0.05) is 17.3 Å². The molecule has 0 saturated carbocycles. The van der Waals surface area contributed by atoms with Crippen molar-refractivity contribution in [2.45, 2.75) is 31.3 Å². The van der Waals surface area contributed by atoms with E-state index in [1.54, 1.807) is 6.20 Å². The lowest BCUT2D eigenvalue weighted by Crippen LogP contribution is -2.50. The SMILES string of the molecule is NC[C@H]1CN[C@H](C(=O)N[C@H](CCc2ccccc2)C(=O)Nc2ccc3ncccc3c2)C1. The summed E-state index contributed by atoms with van der Waals surface area (Å²) in [5.74, 6) is -0.101. The molecule has 1 aliphatic rings. The molecule has 0 radical (unpaired) electrons. The standard InChI is InChI=1S/C25H29N5O2/c26-15-18-13-23(28-16-18)25(32)30-22(10-8-17-5-2-1-3-6-17)24(31)29-20-9-11-21-19(14-20)7-4-12-27-21/h1-7,9,11-12,14,18,22-23,28H,8,10,13,15-16,26H2,(H,29,31)(H,30,32)/t18-,22+,23-/m0/s1. The van der Waals surface area contributed by atoms with Crippen molar-refractivity contribution in [3.05, 3.63) is 72.4 Å². The van der Waals surface area contributed by atoms with Gasteiger partial charge in [-0.05, 0) is 68.1 Å². The van der Waals surface area contributed by atoms with Crippen LogP contribution in [0, 0.1) is 5.92 Å². The number of nitrogens with one attached hydrogen (secondary N) is 3. The molecule has 7 nitrogen and oxygen atoms in total. The average molecular weight is 432 g/mol. The molecule has 0 aliphatic carbocycles. The van der Waals surface area contributed by atoms with Gasteiger partial charge < -0.3 is 21.7 Å². The first-order valence-electron chi connectivity index (χ1n) is 11.1. The molecule has 0 bridgehead atoms. The van der Waals surface area contributed by atoms with E-state index in [9.17, 15) is 9.59 Å². The van der Waals surface area contributed by atoms with Crippen LogP contribution in [0.4, 0.5) is 5.69 Å². The minimum Gasteiger partial charge on any atom is -0.343 e. The molecular formula is C25H29N5O2. The third-order valence-corrected chi connectivity index (χ3v) is 5.94. The molecule has 1 aromatic heterocycles. The van der Waals surface area contributed by atoms with E-state index in [0.29, 0.717) is 31.5 Å². The van der Waals surface area contributed by atoms with E-state index in [4.69, 9.17) is 5.73 Å². The zero-order valence-corrected chi connectivity index (χ0v) is 18.0. The van der Waals surface area contributed by atoms with Crippen LogP contribution in [-0.2, 0) is 16.0 Å². The quantitative estimate of drug-likeness (QED) is 0.437. The number of carbonyl (C=O) groups excluding carboxylic acids is 2. The Morgan fingerprint density at radius 1 is 1.12 bits per heavy atom. The van der Waals surface area contributed by atoms with E-state index >= 15 is 0 Å². The second-order valence-corrected chi connectivity index (χ2v) is 8.28. The van der Waals surface area contributed by atoms with E-state index < -0.39 is 6.04 Å². The fourth-order valence-corrected chi connectivity index (χ4v) is 4.07. The number of pyridine rings is 1. The van der Waals surface area contributed by atoms with Gasteiger partial charge in [-0.25, -0.2) is 0 Å². The Bertz CT molecular complexity index is 1070. The predicted molar refractivity (Wildman–Crippen MR) is 126 cm³/mol. The summed E-state index contributed by atoms with van der Waals surface area (Å²) in [4.78, 5) is 30.3. The molecule has 2 aromatic carbocycles. The van der Waals surface area contributed by atoms with Crippen molar-refractivity contribution in [2.75, 3.05) is 18.4 Å². The summed E-state index contributed by atoms with van der Waals surface area (Å²) < 4.78 is 0. The van der Waals surface area contributed by atoms with Gasteiger partial charge in [0.2, 0.25) is 11.8 Å². The molecule has 1 aliphatic heterocycles. The van der Waals surface area contributed by atoms with Crippen molar-refractivity contribution < 1.29 is 9.59 Å². The number of hydrogen-bond donors (Lipinski definition) is 4. The number of nitrogens with zero attached hydrogens (tertiary/aromatic N) is 1. The van der Waals surface area contributed by atoms with E-state index in [1.165, 1.54) is 0 Å². The normalized spacial score (nSPS) is 18.9. The first-order chi connectivity index (χ1) is 15.6. The Kier molecular flexibility index (Phi) is 7.09. The summed E-state index contributed by atoms with van der Waals surface area (Å²) in [6.07, 6.45) is 3.61. The molecule has 0 unspecified atom stereocenters. The topological polar surface area (TPSA) is 109 Å². The van der Waals surface area contributed by atoms with Crippen LogP contribution >= 0.6 is 0 Å². The molecule has 0 spiro atoms. The van der Waals surface area contributed by atoms with Crippen LogP contribution in [0.2, 0.25) is 0 Å². The van der Waals surface area contributed by atoms with E-state index in [1.807, 2.05) is 60.7 Å². The first kappa shape index (κ1) is 21.9. The summed E-state index contributed by atoms with van der Waals surface area (Å²) in [6, 6.07) is 18.4. The first-order valence-corrected chi connectivity index (χ1v) is 11.1. The van der Waals surface area contributed by atoms with Gasteiger partial charge in [-0.3, -0.25) is 14.6 Å². The number of rotatable bonds is 8. The number of anilines is 1.